The normalized spacial score (nSPS) is 24.6. The zero-order valence-electron chi connectivity index (χ0n) is 11.0. The lowest BCUT2D eigenvalue weighted by atomic mass is 9.90. The maximum absolute atomic E-state index is 11.7. The Labute approximate surface area is 112 Å². The van der Waals surface area contributed by atoms with Gasteiger partial charge in [-0.15, -0.1) is 11.3 Å². The van der Waals surface area contributed by atoms with Crippen LogP contribution >= 0.6 is 11.3 Å². The van der Waals surface area contributed by atoms with Crippen LogP contribution in [-0.4, -0.2) is 33.0 Å². The molecule has 0 radical (unpaired) electrons. The number of nitrogens with zero attached hydrogens (tertiary/aromatic N) is 2. The Morgan fingerprint density at radius 2 is 2.44 bits per heavy atom. The van der Waals surface area contributed by atoms with E-state index in [4.69, 9.17) is 0 Å². The van der Waals surface area contributed by atoms with E-state index in [-0.39, 0.29) is 0 Å². The predicted molar refractivity (Wildman–Crippen MR) is 71.8 cm³/mol. The number of aromatic nitrogens is 1. The average molecular weight is 268 g/mol. The maximum Gasteiger partial charge on any atom is 0.324 e. The Morgan fingerprint density at radius 1 is 1.67 bits per heavy atom. The van der Waals surface area contributed by atoms with E-state index < -0.39 is 11.5 Å². The first kappa shape index (κ1) is 13.5. The quantitative estimate of drug-likeness (QED) is 0.892. The Bertz CT molecular complexity index is 432. The van der Waals surface area contributed by atoms with Crippen molar-refractivity contribution in [2.45, 2.75) is 51.6 Å². The summed E-state index contributed by atoms with van der Waals surface area (Å²) in [4.78, 5) is 19.3. The molecule has 0 spiro atoms. The monoisotopic (exact) mass is 268 g/mol. The first-order chi connectivity index (χ1) is 8.60. The zero-order valence-corrected chi connectivity index (χ0v) is 11.8. The molecule has 0 aromatic carbocycles. The number of likely N-dealkylation sites (tertiary alicyclic amines) is 1. The summed E-state index contributed by atoms with van der Waals surface area (Å²) in [5.74, 6) is -0.663. The number of hydrogen-bond donors (Lipinski definition) is 1. The average Bonchev–Trinajstić information content (AvgIpc) is 2.89. The summed E-state index contributed by atoms with van der Waals surface area (Å²) in [5, 5.41) is 9.61. The summed E-state index contributed by atoms with van der Waals surface area (Å²) in [5.41, 5.74) is 2.22. The molecule has 1 aromatic rings. The molecule has 5 heteroatoms. The highest BCUT2D eigenvalue weighted by atomic mass is 32.1. The molecule has 1 fully saturated rings. The molecule has 1 aromatic heterocycles. The molecule has 1 atom stereocenters. The van der Waals surface area contributed by atoms with E-state index in [0.29, 0.717) is 0 Å². The Balaban J connectivity index is 2.20. The summed E-state index contributed by atoms with van der Waals surface area (Å²) in [7, 11) is 0. The number of carboxylic acids is 1. The van der Waals surface area contributed by atoms with Gasteiger partial charge < -0.3 is 5.11 Å². The van der Waals surface area contributed by atoms with E-state index in [1.807, 2.05) is 12.4 Å². The van der Waals surface area contributed by atoms with E-state index in [1.165, 1.54) is 4.88 Å². The van der Waals surface area contributed by atoms with Crippen molar-refractivity contribution in [1.82, 2.24) is 9.88 Å². The zero-order chi connectivity index (χ0) is 13.2. The van der Waals surface area contributed by atoms with E-state index >= 15 is 0 Å². The Hall–Kier alpha value is -0.940. The fraction of sp³-hybridized carbons (Fsp3) is 0.692. The standard InChI is InChI=1S/C13H20N2O2S/c1-3-5-13(12(16)17)6-4-7-15(13)8-11-10(2)14-9-18-11/h9H,3-8H2,1-2H3,(H,16,17). The molecular weight excluding hydrogens is 248 g/mol. The molecule has 0 bridgehead atoms. The fourth-order valence-electron chi connectivity index (χ4n) is 2.86. The largest absolute Gasteiger partial charge is 0.480 e. The highest BCUT2D eigenvalue weighted by Crippen LogP contribution is 2.36. The molecule has 1 aliphatic heterocycles. The molecule has 0 saturated carbocycles. The van der Waals surface area contributed by atoms with Gasteiger partial charge >= 0.3 is 5.97 Å². The van der Waals surface area contributed by atoms with Crippen molar-refractivity contribution in [3.63, 3.8) is 0 Å². The molecule has 1 unspecified atom stereocenters. The van der Waals surface area contributed by atoms with Crippen LogP contribution in [0.15, 0.2) is 5.51 Å². The maximum atomic E-state index is 11.7. The van der Waals surface area contributed by atoms with Gasteiger partial charge in [0.1, 0.15) is 5.54 Å². The van der Waals surface area contributed by atoms with Crippen LogP contribution in [-0.2, 0) is 11.3 Å². The van der Waals surface area contributed by atoms with Crippen LogP contribution in [0.4, 0.5) is 0 Å². The molecule has 0 aliphatic carbocycles. The van der Waals surface area contributed by atoms with Crippen molar-refractivity contribution >= 4 is 17.3 Å². The SMILES string of the molecule is CCCC1(C(=O)O)CCCN1Cc1scnc1C. The first-order valence-electron chi connectivity index (χ1n) is 6.47. The highest BCUT2D eigenvalue weighted by Gasteiger charge is 2.46. The third-order valence-electron chi connectivity index (χ3n) is 3.86. The van der Waals surface area contributed by atoms with Gasteiger partial charge in [0.2, 0.25) is 0 Å². The van der Waals surface area contributed by atoms with Crippen LogP contribution in [0.2, 0.25) is 0 Å². The first-order valence-corrected chi connectivity index (χ1v) is 7.35. The number of carboxylic acid groups (broad SMARTS) is 1. The lowest BCUT2D eigenvalue weighted by Gasteiger charge is -2.34. The van der Waals surface area contributed by atoms with Crippen LogP contribution in [0.5, 0.6) is 0 Å². The smallest absolute Gasteiger partial charge is 0.324 e. The van der Waals surface area contributed by atoms with E-state index in [0.717, 1.165) is 44.5 Å². The van der Waals surface area contributed by atoms with Crippen molar-refractivity contribution in [1.29, 1.82) is 0 Å². The fourth-order valence-corrected chi connectivity index (χ4v) is 3.65. The lowest BCUT2D eigenvalue weighted by Crippen LogP contribution is -2.49. The number of aryl methyl sites for hydroxylation is 1. The number of rotatable bonds is 5. The van der Waals surface area contributed by atoms with Crippen molar-refractivity contribution in [3.8, 4) is 0 Å². The van der Waals surface area contributed by atoms with Gasteiger partial charge in [-0.05, 0) is 32.7 Å². The molecule has 0 amide bonds. The summed E-state index contributed by atoms with van der Waals surface area (Å²) in [6, 6.07) is 0. The second kappa shape index (κ2) is 5.36. The number of aliphatic carboxylic acids is 1. The van der Waals surface area contributed by atoms with Crippen LogP contribution in [0.25, 0.3) is 0 Å². The summed E-state index contributed by atoms with van der Waals surface area (Å²) in [6.07, 6.45) is 3.39. The van der Waals surface area contributed by atoms with E-state index in [9.17, 15) is 9.90 Å². The topological polar surface area (TPSA) is 53.4 Å². The van der Waals surface area contributed by atoms with Crippen molar-refractivity contribution in [2.24, 2.45) is 0 Å². The van der Waals surface area contributed by atoms with Crippen LogP contribution in [0, 0.1) is 6.92 Å². The summed E-state index contributed by atoms with van der Waals surface area (Å²) < 4.78 is 0. The highest BCUT2D eigenvalue weighted by molar-refractivity contribution is 7.09. The molecular formula is C13H20N2O2S. The van der Waals surface area contributed by atoms with Gasteiger partial charge in [-0.3, -0.25) is 9.69 Å². The molecule has 4 nitrogen and oxygen atoms in total. The molecule has 1 saturated heterocycles. The molecule has 100 valence electrons. The van der Waals surface area contributed by atoms with E-state index in [2.05, 4.69) is 16.8 Å². The van der Waals surface area contributed by atoms with Crippen LogP contribution in [0.3, 0.4) is 0 Å². The van der Waals surface area contributed by atoms with Gasteiger partial charge in [0.05, 0.1) is 11.2 Å². The van der Waals surface area contributed by atoms with Crippen molar-refractivity contribution in [3.05, 3.63) is 16.1 Å². The minimum Gasteiger partial charge on any atom is -0.480 e. The second-order valence-corrected chi connectivity index (χ2v) is 5.91. The number of carbonyl (C=O) groups is 1. The molecule has 2 rings (SSSR count). The third-order valence-corrected chi connectivity index (χ3v) is 4.78. The third kappa shape index (κ3) is 2.29. The van der Waals surface area contributed by atoms with Gasteiger partial charge in [-0.2, -0.15) is 0 Å². The van der Waals surface area contributed by atoms with Gasteiger partial charge in [0, 0.05) is 11.4 Å². The van der Waals surface area contributed by atoms with Gasteiger partial charge in [-0.1, -0.05) is 13.3 Å². The Morgan fingerprint density at radius 3 is 3.00 bits per heavy atom. The van der Waals surface area contributed by atoms with Crippen LogP contribution in [0.1, 0.15) is 43.2 Å². The van der Waals surface area contributed by atoms with Crippen molar-refractivity contribution in [2.75, 3.05) is 6.54 Å². The molecule has 18 heavy (non-hydrogen) atoms. The predicted octanol–water partition coefficient (Wildman–Crippen LogP) is 2.67. The van der Waals surface area contributed by atoms with Gasteiger partial charge in [0.15, 0.2) is 0 Å². The van der Waals surface area contributed by atoms with Crippen molar-refractivity contribution < 1.29 is 9.90 Å². The lowest BCUT2D eigenvalue weighted by molar-refractivity contribution is -0.150. The number of thiazole rings is 1. The second-order valence-electron chi connectivity index (χ2n) is 4.97. The molecule has 2 heterocycles. The van der Waals surface area contributed by atoms with Gasteiger partial charge in [0.25, 0.3) is 0 Å². The van der Waals surface area contributed by atoms with Gasteiger partial charge in [-0.25, -0.2) is 4.98 Å². The summed E-state index contributed by atoms with van der Waals surface area (Å²) >= 11 is 1.62. The molecule has 1 aliphatic rings. The summed E-state index contributed by atoms with van der Waals surface area (Å²) in [6.45, 7) is 5.65. The minimum absolute atomic E-state index is 0.648. The number of hydrogen-bond acceptors (Lipinski definition) is 4. The Kier molecular flexibility index (Phi) is 4.02. The van der Waals surface area contributed by atoms with Crippen LogP contribution < -0.4 is 0 Å². The van der Waals surface area contributed by atoms with E-state index in [1.54, 1.807) is 11.3 Å². The minimum atomic E-state index is -0.663. The molecule has 1 N–H and O–H groups in total.